The lowest BCUT2D eigenvalue weighted by Crippen LogP contribution is -2.34. The van der Waals surface area contributed by atoms with Crippen molar-refractivity contribution >= 4 is 10.4 Å². The van der Waals surface area contributed by atoms with Gasteiger partial charge in [0.25, 0.3) is 0 Å². The standard InChI is InChI=1S/C5H11N2.CH4O4S/c1-7(2,3)5-4-6;1-5-6(2,3)4/h5H2,1-3H3;1H3,(H,2,3,4)/q+1;/p-1. The highest BCUT2D eigenvalue weighted by molar-refractivity contribution is 7.80. The van der Waals surface area contributed by atoms with Gasteiger partial charge in [-0.05, 0) is 0 Å². The van der Waals surface area contributed by atoms with E-state index < -0.39 is 10.4 Å². The quantitative estimate of drug-likeness (QED) is 0.260. The van der Waals surface area contributed by atoms with Crippen molar-refractivity contribution in [3.63, 3.8) is 0 Å². The third-order valence-electron chi connectivity index (χ3n) is 0.749. The van der Waals surface area contributed by atoms with Crippen molar-refractivity contribution in [1.29, 1.82) is 5.26 Å². The molecule has 0 aliphatic heterocycles. The van der Waals surface area contributed by atoms with Crippen molar-refractivity contribution < 1.29 is 21.6 Å². The van der Waals surface area contributed by atoms with Gasteiger partial charge < -0.3 is 9.04 Å². The van der Waals surface area contributed by atoms with E-state index in [1.54, 1.807) is 0 Å². The number of nitrogens with zero attached hydrogens (tertiary/aromatic N) is 2. The summed E-state index contributed by atoms with van der Waals surface area (Å²) in [6.45, 7) is 0.583. The Morgan fingerprint density at radius 2 is 1.77 bits per heavy atom. The van der Waals surface area contributed by atoms with E-state index in [-0.39, 0.29) is 0 Å². The maximum atomic E-state index is 9.22. The summed E-state index contributed by atoms with van der Waals surface area (Å²) >= 11 is 0. The third kappa shape index (κ3) is 24.6. The Balaban J connectivity index is 0. The number of hydrogen-bond acceptors (Lipinski definition) is 5. The van der Waals surface area contributed by atoms with Gasteiger partial charge in [-0.25, -0.2) is 8.42 Å². The number of nitriles is 1. The number of rotatable bonds is 2. The van der Waals surface area contributed by atoms with E-state index >= 15 is 0 Å². The lowest BCUT2D eigenvalue weighted by Gasteiger charge is -2.18. The van der Waals surface area contributed by atoms with Gasteiger partial charge in [0.05, 0.1) is 28.3 Å². The molecule has 0 aliphatic rings. The topological polar surface area (TPSA) is 90.2 Å². The molecule has 78 valence electrons. The van der Waals surface area contributed by atoms with E-state index in [1.165, 1.54) is 0 Å². The summed E-state index contributed by atoms with van der Waals surface area (Å²) in [4.78, 5) is 0. The molecule has 0 saturated carbocycles. The van der Waals surface area contributed by atoms with Crippen LogP contribution in [-0.2, 0) is 14.6 Å². The summed E-state index contributed by atoms with van der Waals surface area (Å²) in [5, 5.41) is 8.14. The molecule has 0 heterocycles. The molecule has 0 radical (unpaired) electrons. The summed E-state index contributed by atoms with van der Waals surface area (Å²) in [6, 6.07) is 2.08. The Morgan fingerprint density at radius 3 is 1.77 bits per heavy atom. The SMILES string of the molecule is COS(=O)(=O)[O-].C[N+](C)(C)CC#N. The highest BCUT2D eigenvalue weighted by Gasteiger charge is 2.01. The summed E-state index contributed by atoms with van der Waals surface area (Å²) in [5.74, 6) is 0. The van der Waals surface area contributed by atoms with Crippen molar-refractivity contribution in [2.75, 3.05) is 34.8 Å². The molecule has 0 N–H and O–H groups in total. The number of quaternary nitrogens is 1. The Kier molecular flexibility index (Phi) is 6.70. The minimum atomic E-state index is -4.41. The van der Waals surface area contributed by atoms with Crippen LogP contribution in [0.3, 0.4) is 0 Å². The zero-order valence-electron chi connectivity index (χ0n) is 8.14. The van der Waals surface area contributed by atoms with E-state index in [4.69, 9.17) is 5.26 Å². The molecule has 0 aliphatic carbocycles. The van der Waals surface area contributed by atoms with Crippen LogP contribution in [0.2, 0.25) is 0 Å². The second-order valence-corrected chi connectivity index (χ2v) is 4.33. The Morgan fingerprint density at radius 1 is 1.46 bits per heavy atom. The summed E-state index contributed by atoms with van der Waals surface area (Å²) in [7, 11) is 2.36. The Labute approximate surface area is 78.9 Å². The highest BCUT2D eigenvalue weighted by atomic mass is 32.3. The molecule has 0 unspecified atom stereocenters. The van der Waals surface area contributed by atoms with Crippen molar-refractivity contribution in [1.82, 2.24) is 0 Å². The molecule has 0 aromatic carbocycles. The predicted molar refractivity (Wildman–Crippen MR) is 45.2 cm³/mol. The van der Waals surface area contributed by atoms with Gasteiger partial charge >= 0.3 is 0 Å². The van der Waals surface area contributed by atoms with Crippen LogP contribution in [-0.4, -0.2) is 52.3 Å². The van der Waals surface area contributed by atoms with Crippen LogP contribution in [0.1, 0.15) is 0 Å². The van der Waals surface area contributed by atoms with Crippen molar-refractivity contribution in [3.05, 3.63) is 0 Å². The van der Waals surface area contributed by atoms with Crippen molar-refractivity contribution in [3.8, 4) is 6.07 Å². The molecule has 0 bridgehead atoms. The molecule has 0 fully saturated rings. The predicted octanol–water partition coefficient (Wildman–Crippen LogP) is -0.691. The van der Waals surface area contributed by atoms with Crippen LogP contribution in [0.25, 0.3) is 0 Å². The minimum Gasteiger partial charge on any atom is -0.726 e. The molecule has 7 heteroatoms. The smallest absolute Gasteiger partial charge is 0.217 e. The van der Waals surface area contributed by atoms with E-state index in [2.05, 4.69) is 10.3 Å². The fourth-order valence-corrected chi connectivity index (χ4v) is 0.212. The monoisotopic (exact) mass is 210 g/mol. The maximum absolute atomic E-state index is 9.22. The molecule has 6 nitrogen and oxygen atoms in total. The molecule has 0 aromatic rings. The van der Waals surface area contributed by atoms with Crippen LogP contribution >= 0.6 is 0 Å². The maximum Gasteiger partial charge on any atom is 0.217 e. The first kappa shape index (κ1) is 14.8. The molecule has 0 amide bonds. The highest BCUT2D eigenvalue weighted by Crippen LogP contribution is 1.84. The van der Waals surface area contributed by atoms with Gasteiger partial charge in [-0.2, -0.15) is 5.26 Å². The largest absolute Gasteiger partial charge is 0.726 e. The molecule has 0 rings (SSSR count). The molecular weight excluding hydrogens is 196 g/mol. The zero-order chi connectivity index (χ0) is 11.1. The lowest BCUT2D eigenvalue weighted by molar-refractivity contribution is -0.863. The molecule has 0 saturated heterocycles. The van der Waals surface area contributed by atoms with Gasteiger partial charge in [-0.1, -0.05) is 0 Å². The fraction of sp³-hybridized carbons (Fsp3) is 0.833. The van der Waals surface area contributed by atoms with Gasteiger partial charge in [0.2, 0.25) is 10.4 Å². The first-order valence-corrected chi connectivity index (χ1v) is 4.64. The molecule has 0 atom stereocenters. The second-order valence-electron chi connectivity index (χ2n) is 3.18. The zero-order valence-corrected chi connectivity index (χ0v) is 8.96. The van der Waals surface area contributed by atoms with Crippen molar-refractivity contribution in [2.45, 2.75) is 0 Å². The molecule has 0 spiro atoms. The Hall–Kier alpha value is -0.680. The first-order chi connectivity index (χ1) is 5.62. The van der Waals surface area contributed by atoms with Crippen LogP contribution < -0.4 is 0 Å². The van der Waals surface area contributed by atoms with Crippen LogP contribution in [0.4, 0.5) is 0 Å². The second kappa shape index (κ2) is 5.88. The average Bonchev–Trinajstić information content (AvgIpc) is 1.84. The van der Waals surface area contributed by atoms with E-state index in [1.807, 2.05) is 21.1 Å². The third-order valence-corrected chi connectivity index (χ3v) is 1.16. The van der Waals surface area contributed by atoms with Gasteiger partial charge in [-0.3, -0.25) is 4.18 Å². The van der Waals surface area contributed by atoms with E-state index in [0.29, 0.717) is 6.54 Å². The van der Waals surface area contributed by atoms with Crippen LogP contribution in [0, 0.1) is 11.3 Å². The average molecular weight is 210 g/mol. The number of hydrogen-bond donors (Lipinski definition) is 0. The van der Waals surface area contributed by atoms with Gasteiger partial charge in [0.15, 0.2) is 6.54 Å². The van der Waals surface area contributed by atoms with Gasteiger partial charge in [0.1, 0.15) is 6.07 Å². The van der Waals surface area contributed by atoms with Crippen LogP contribution in [0.15, 0.2) is 0 Å². The first-order valence-electron chi connectivity index (χ1n) is 3.31. The van der Waals surface area contributed by atoms with Gasteiger partial charge in [-0.15, -0.1) is 0 Å². The van der Waals surface area contributed by atoms with Gasteiger partial charge in [0, 0.05) is 0 Å². The Bertz CT molecular complexity index is 259. The summed E-state index contributed by atoms with van der Waals surface area (Å²) < 4.78 is 31.8. The fourth-order valence-electron chi connectivity index (χ4n) is 0.212. The molecule has 13 heavy (non-hydrogen) atoms. The molecular formula is C6H14N2O4S. The van der Waals surface area contributed by atoms with E-state index in [0.717, 1.165) is 11.6 Å². The van der Waals surface area contributed by atoms with E-state index in [9.17, 15) is 13.0 Å². The summed E-state index contributed by atoms with van der Waals surface area (Å²) in [5.41, 5.74) is 0. The van der Waals surface area contributed by atoms with Crippen LogP contribution in [0.5, 0.6) is 0 Å². The molecule has 0 aromatic heterocycles. The minimum absolute atomic E-state index is 0.583. The summed E-state index contributed by atoms with van der Waals surface area (Å²) in [6.07, 6.45) is 0. The van der Waals surface area contributed by atoms with Crippen molar-refractivity contribution in [2.24, 2.45) is 0 Å². The normalized spacial score (nSPS) is 11.1. The lowest BCUT2D eigenvalue weighted by atomic mass is 10.6.